The van der Waals surface area contributed by atoms with E-state index in [1.54, 1.807) is 24.0 Å². The van der Waals surface area contributed by atoms with Crippen LogP contribution in [-0.4, -0.2) is 35.0 Å². The summed E-state index contributed by atoms with van der Waals surface area (Å²) in [7, 11) is 0. The van der Waals surface area contributed by atoms with Gasteiger partial charge in [-0.2, -0.15) is 0 Å². The minimum absolute atomic E-state index is 0.0700. The van der Waals surface area contributed by atoms with Crippen LogP contribution >= 0.6 is 11.3 Å². The molecule has 2 N–H and O–H groups in total. The summed E-state index contributed by atoms with van der Waals surface area (Å²) in [6.45, 7) is 2.27. The van der Waals surface area contributed by atoms with Gasteiger partial charge >= 0.3 is 5.97 Å². The summed E-state index contributed by atoms with van der Waals surface area (Å²) < 4.78 is 18.1. The molecule has 0 amide bonds. The number of rotatable bonds is 6. The standard InChI is InChI=1S/C23H20FN3O3S/c1-2-30-20(29)11-14-3-9-17(10-4-14)27-12-19(28)21(22(27)25)23-26-18(13-31-23)15-5-7-16(24)8-6-15/h3-10,13,25,28H,2,11-12H2,1H3. The number of hydrogen-bond acceptors (Lipinski definition) is 6. The van der Waals surface area contributed by atoms with Crippen molar-refractivity contribution in [2.45, 2.75) is 13.3 Å². The van der Waals surface area contributed by atoms with Crippen molar-refractivity contribution >= 4 is 34.4 Å². The first kappa shape index (κ1) is 20.7. The molecule has 2 heterocycles. The Hall–Kier alpha value is -3.52. The largest absolute Gasteiger partial charge is 0.510 e. The fraction of sp³-hybridized carbons (Fsp3) is 0.174. The van der Waals surface area contributed by atoms with Gasteiger partial charge in [0.05, 0.1) is 30.8 Å². The number of carbonyl (C=O) groups excluding carboxylic acids is 1. The normalized spacial score (nSPS) is 13.7. The molecule has 0 saturated heterocycles. The van der Waals surface area contributed by atoms with E-state index in [-0.39, 0.29) is 36.3 Å². The molecule has 1 aliphatic heterocycles. The Morgan fingerprint density at radius 1 is 1.23 bits per heavy atom. The molecule has 0 saturated carbocycles. The van der Waals surface area contributed by atoms with Gasteiger partial charge in [0.25, 0.3) is 0 Å². The van der Waals surface area contributed by atoms with Crippen LogP contribution in [0.15, 0.2) is 59.7 Å². The molecule has 1 aliphatic rings. The maximum absolute atomic E-state index is 13.2. The van der Waals surface area contributed by atoms with E-state index in [2.05, 4.69) is 4.98 Å². The lowest BCUT2D eigenvalue weighted by Crippen LogP contribution is -2.26. The summed E-state index contributed by atoms with van der Waals surface area (Å²) in [5.74, 6) is -0.385. The van der Waals surface area contributed by atoms with Crippen LogP contribution in [-0.2, 0) is 16.0 Å². The molecule has 0 unspecified atom stereocenters. The molecule has 2 aromatic carbocycles. The Labute approximate surface area is 182 Å². The van der Waals surface area contributed by atoms with E-state index in [4.69, 9.17) is 10.1 Å². The molecular weight excluding hydrogens is 417 g/mol. The van der Waals surface area contributed by atoms with Gasteiger partial charge in [-0.25, -0.2) is 9.37 Å². The van der Waals surface area contributed by atoms with Crippen LogP contribution in [0.25, 0.3) is 16.8 Å². The number of aliphatic hydroxyl groups is 1. The van der Waals surface area contributed by atoms with Gasteiger partial charge in [0.1, 0.15) is 22.4 Å². The average molecular weight is 437 g/mol. The molecule has 158 valence electrons. The number of benzene rings is 2. The number of aliphatic hydroxyl groups excluding tert-OH is 1. The number of thiazole rings is 1. The highest BCUT2D eigenvalue weighted by molar-refractivity contribution is 7.11. The van der Waals surface area contributed by atoms with Crippen molar-refractivity contribution in [1.82, 2.24) is 4.98 Å². The number of amidine groups is 1. The highest BCUT2D eigenvalue weighted by Gasteiger charge is 2.31. The van der Waals surface area contributed by atoms with Crippen LogP contribution in [0.3, 0.4) is 0 Å². The number of nitrogens with zero attached hydrogens (tertiary/aromatic N) is 2. The number of anilines is 1. The second-order valence-electron chi connectivity index (χ2n) is 6.95. The third kappa shape index (κ3) is 4.34. The monoisotopic (exact) mass is 437 g/mol. The smallest absolute Gasteiger partial charge is 0.310 e. The van der Waals surface area contributed by atoms with Crippen molar-refractivity contribution < 1.29 is 19.0 Å². The minimum Gasteiger partial charge on any atom is -0.510 e. The van der Waals surface area contributed by atoms with Crippen molar-refractivity contribution in [1.29, 1.82) is 5.41 Å². The van der Waals surface area contributed by atoms with Crippen LogP contribution in [0, 0.1) is 11.2 Å². The first-order chi connectivity index (χ1) is 15.0. The first-order valence-electron chi connectivity index (χ1n) is 9.71. The minimum atomic E-state index is -0.318. The van der Waals surface area contributed by atoms with Crippen LogP contribution < -0.4 is 4.90 Å². The highest BCUT2D eigenvalue weighted by atomic mass is 32.1. The van der Waals surface area contributed by atoms with Crippen LogP contribution in [0.5, 0.6) is 0 Å². The van der Waals surface area contributed by atoms with E-state index >= 15 is 0 Å². The number of esters is 1. The van der Waals surface area contributed by atoms with Crippen LogP contribution in [0.1, 0.15) is 17.5 Å². The molecule has 6 nitrogen and oxygen atoms in total. The fourth-order valence-corrected chi connectivity index (χ4v) is 4.23. The average Bonchev–Trinajstić information content (AvgIpc) is 3.33. The van der Waals surface area contributed by atoms with E-state index in [0.717, 1.165) is 16.8 Å². The molecule has 31 heavy (non-hydrogen) atoms. The molecule has 8 heteroatoms. The van der Waals surface area contributed by atoms with Crippen molar-refractivity contribution in [2.75, 3.05) is 18.1 Å². The molecule has 0 spiro atoms. The lowest BCUT2D eigenvalue weighted by atomic mass is 10.1. The van der Waals surface area contributed by atoms with Gasteiger partial charge in [-0.05, 0) is 48.9 Å². The Bertz CT molecular complexity index is 1150. The fourth-order valence-electron chi connectivity index (χ4n) is 3.34. The summed E-state index contributed by atoms with van der Waals surface area (Å²) in [5.41, 5.74) is 3.36. The Morgan fingerprint density at radius 3 is 2.61 bits per heavy atom. The molecule has 1 aromatic heterocycles. The zero-order valence-corrected chi connectivity index (χ0v) is 17.6. The quantitative estimate of drug-likeness (QED) is 0.540. The summed E-state index contributed by atoms with van der Waals surface area (Å²) in [6, 6.07) is 13.3. The van der Waals surface area contributed by atoms with Crippen molar-refractivity contribution in [3.05, 3.63) is 76.1 Å². The zero-order chi connectivity index (χ0) is 22.0. The molecule has 0 fully saturated rings. The van der Waals surface area contributed by atoms with Gasteiger partial charge in [0, 0.05) is 16.6 Å². The number of halogens is 1. The third-order valence-electron chi connectivity index (χ3n) is 4.86. The topological polar surface area (TPSA) is 86.5 Å². The second kappa shape index (κ2) is 8.69. The SMILES string of the molecule is CCOC(=O)Cc1ccc(N2CC(O)=C(c3nc(-c4ccc(F)cc4)cs3)C2=N)cc1. The molecule has 0 bridgehead atoms. The summed E-state index contributed by atoms with van der Waals surface area (Å²) in [6.07, 6.45) is 0.186. The van der Waals surface area contributed by atoms with Gasteiger partial charge in [0.15, 0.2) is 0 Å². The van der Waals surface area contributed by atoms with E-state index < -0.39 is 0 Å². The van der Waals surface area contributed by atoms with Crippen LogP contribution in [0.4, 0.5) is 10.1 Å². The molecule has 0 aliphatic carbocycles. The van der Waals surface area contributed by atoms with Crippen molar-refractivity contribution in [3.63, 3.8) is 0 Å². The predicted octanol–water partition coefficient (Wildman–Crippen LogP) is 4.82. The van der Waals surface area contributed by atoms with Gasteiger partial charge in [0.2, 0.25) is 0 Å². The Kier molecular flexibility index (Phi) is 5.81. The Morgan fingerprint density at radius 2 is 1.94 bits per heavy atom. The third-order valence-corrected chi connectivity index (χ3v) is 5.72. The van der Waals surface area contributed by atoms with Gasteiger partial charge in [-0.3, -0.25) is 10.2 Å². The maximum atomic E-state index is 13.2. The van der Waals surface area contributed by atoms with Crippen molar-refractivity contribution in [2.24, 2.45) is 0 Å². The van der Waals surface area contributed by atoms with Gasteiger partial charge < -0.3 is 14.7 Å². The number of aromatic nitrogens is 1. The van der Waals surface area contributed by atoms with E-state index in [1.807, 2.05) is 29.6 Å². The zero-order valence-electron chi connectivity index (χ0n) is 16.8. The molecule has 4 rings (SSSR count). The summed E-state index contributed by atoms with van der Waals surface area (Å²) >= 11 is 1.32. The van der Waals surface area contributed by atoms with E-state index in [1.165, 1.54) is 23.5 Å². The molecule has 3 aromatic rings. The number of nitrogens with one attached hydrogen (secondary N) is 1. The molecular formula is C23H20FN3O3S. The lowest BCUT2D eigenvalue weighted by Gasteiger charge is -2.19. The molecule has 0 radical (unpaired) electrons. The number of hydrogen-bond donors (Lipinski definition) is 2. The second-order valence-corrected chi connectivity index (χ2v) is 7.81. The van der Waals surface area contributed by atoms with E-state index in [9.17, 15) is 14.3 Å². The summed E-state index contributed by atoms with van der Waals surface area (Å²) in [5, 5.41) is 21.5. The number of carbonyl (C=O) groups is 1. The Balaban J connectivity index is 1.51. The van der Waals surface area contributed by atoms with Gasteiger partial charge in [-0.15, -0.1) is 11.3 Å². The van der Waals surface area contributed by atoms with Crippen LogP contribution in [0.2, 0.25) is 0 Å². The maximum Gasteiger partial charge on any atom is 0.310 e. The van der Waals surface area contributed by atoms with Gasteiger partial charge in [-0.1, -0.05) is 12.1 Å². The van der Waals surface area contributed by atoms with Crippen molar-refractivity contribution in [3.8, 4) is 11.3 Å². The lowest BCUT2D eigenvalue weighted by molar-refractivity contribution is -0.142. The highest BCUT2D eigenvalue weighted by Crippen LogP contribution is 2.34. The first-order valence-corrected chi connectivity index (χ1v) is 10.6. The molecule has 0 atom stereocenters. The van der Waals surface area contributed by atoms with E-state index in [0.29, 0.717) is 22.9 Å². The summed E-state index contributed by atoms with van der Waals surface area (Å²) in [4.78, 5) is 17.9. The predicted molar refractivity (Wildman–Crippen MR) is 119 cm³/mol. The number of ether oxygens (including phenoxy) is 1.